The van der Waals surface area contributed by atoms with Crippen LogP contribution >= 0.6 is 22.6 Å². The van der Waals surface area contributed by atoms with Gasteiger partial charge in [0.1, 0.15) is 12.4 Å². The highest BCUT2D eigenvalue weighted by molar-refractivity contribution is 14.1. The van der Waals surface area contributed by atoms with E-state index in [0.717, 1.165) is 15.0 Å². The lowest BCUT2D eigenvalue weighted by Gasteiger charge is -2.06. The molecule has 0 saturated heterocycles. The Labute approximate surface area is 124 Å². The third kappa shape index (κ3) is 3.31. The second-order valence-corrected chi connectivity index (χ2v) is 5.28. The molecule has 0 spiro atoms. The Morgan fingerprint density at radius 1 is 1.37 bits per heavy atom. The van der Waals surface area contributed by atoms with Crippen LogP contribution in [0.1, 0.15) is 11.4 Å². The van der Waals surface area contributed by atoms with Crippen LogP contribution in [-0.4, -0.2) is 15.7 Å². The largest absolute Gasteiger partial charge is 0.324 e. The van der Waals surface area contributed by atoms with E-state index in [2.05, 4.69) is 33.0 Å². The monoisotopic (exact) mass is 373 g/mol. The molecule has 0 unspecified atom stereocenters. The van der Waals surface area contributed by atoms with E-state index >= 15 is 0 Å². The number of aromatic nitrogens is 2. The Hall–Kier alpha value is -1.44. The fraction of sp³-hybridized carbons (Fsp3) is 0.231. The minimum Gasteiger partial charge on any atom is -0.324 e. The zero-order valence-corrected chi connectivity index (χ0v) is 12.7. The molecule has 100 valence electrons. The third-order valence-corrected chi connectivity index (χ3v) is 4.28. The van der Waals surface area contributed by atoms with Crippen molar-refractivity contribution in [3.05, 3.63) is 45.0 Å². The van der Waals surface area contributed by atoms with Crippen LogP contribution in [0.15, 0.2) is 24.3 Å². The molecule has 6 heteroatoms. The van der Waals surface area contributed by atoms with Crippen molar-refractivity contribution < 1.29 is 9.18 Å². The van der Waals surface area contributed by atoms with Crippen molar-refractivity contribution in [2.75, 3.05) is 5.32 Å². The van der Waals surface area contributed by atoms with Crippen LogP contribution in [0, 0.1) is 23.2 Å². The first-order chi connectivity index (χ1) is 8.97. The summed E-state index contributed by atoms with van der Waals surface area (Å²) < 4.78 is 15.5. The predicted molar refractivity (Wildman–Crippen MR) is 79.4 cm³/mol. The van der Waals surface area contributed by atoms with Gasteiger partial charge in [0.25, 0.3) is 0 Å². The molecule has 2 aromatic rings. The van der Waals surface area contributed by atoms with Crippen molar-refractivity contribution in [1.29, 1.82) is 0 Å². The molecule has 0 aliphatic carbocycles. The first-order valence-corrected chi connectivity index (χ1v) is 6.80. The molecule has 19 heavy (non-hydrogen) atoms. The fourth-order valence-corrected chi connectivity index (χ4v) is 2.09. The SMILES string of the molecule is Cc1nn(CC(=O)Nc2ccc(F)cc2)c(C)c1I. The summed E-state index contributed by atoms with van der Waals surface area (Å²) in [4.78, 5) is 11.9. The molecule has 4 nitrogen and oxygen atoms in total. The van der Waals surface area contributed by atoms with E-state index in [1.807, 2.05) is 13.8 Å². The Morgan fingerprint density at radius 3 is 2.53 bits per heavy atom. The summed E-state index contributed by atoms with van der Waals surface area (Å²) >= 11 is 2.21. The Morgan fingerprint density at radius 2 is 2.00 bits per heavy atom. The molecular formula is C13H13FIN3O. The Bertz CT molecular complexity index is 607. The number of anilines is 1. The average Bonchev–Trinajstić information content (AvgIpc) is 2.60. The zero-order valence-electron chi connectivity index (χ0n) is 10.6. The third-order valence-electron chi connectivity index (χ3n) is 2.71. The van der Waals surface area contributed by atoms with Crippen LogP contribution in [0.25, 0.3) is 0 Å². The molecule has 0 aliphatic heterocycles. The van der Waals surface area contributed by atoms with E-state index in [1.54, 1.807) is 4.68 Å². The average molecular weight is 373 g/mol. The highest BCUT2D eigenvalue weighted by atomic mass is 127. The number of rotatable bonds is 3. The minimum atomic E-state index is -0.328. The lowest BCUT2D eigenvalue weighted by molar-refractivity contribution is -0.116. The first kappa shape index (κ1) is 14.0. The molecule has 0 atom stereocenters. The number of benzene rings is 1. The van der Waals surface area contributed by atoms with E-state index in [4.69, 9.17) is 0 Å². The van der Waals surface area contributed by atoms with E-state index in [9.17, 15) is 9.18 Å². The highest BCUT2D eigenvalue weighted by Gasteiger charge is 2.11. The van der Waals surface area contributed by atoms with Crippen LogP contribution in [0.5, 0.6) is 0 Å². The van der Waals surface area contributed by atoms with Crippen molar-refractivity contribution >= 4 is 34.2 Å². The van der Waals surface area contributed by atoms with Crippen molar-refractivity contribution in [2.24, 2.45) is 0 Å². The van der Waals surface area contributed by atoms with Crippen molar-refractivity contribution in [2.45, 2.75) is 20.4 Å². The van der Waals surface area contributed by atoms with Crippen LogP contribution in [-0.2, 0) is 11.3 Å². The number of nitrogens with zero attached hydrogens (tertiary/aromatic N) is 2. The number of carbonyl (C=O) groups excluding carboxylic acids is 1. The van der Waals surface area contributed by atoms with Gasteiger partial charge in [-0.15, -0.1) is 0 Å². The molecule has 1 N–H and O–H groups in total. The number of hydrogen-bond acceptors (Lipinski definition) is 2. The number of halogens is 2. The summed E-state index contributed by atoms with van der Waals surface area (Å²) in [6, 6.07) is 5.67. The van der Waals surface area contributed by atoms with Gasteiger partial charge in [-0.25, -0.2) is 4.39 Å². The lowest BCUT2D eigenvalue weighted by atomic mass is 10.3. The van der Waals surface area contributed by atoms with Gasteiger partial charge in [0.2, 0.25) is 5.91 Å². The number of aryl methyl sites for hydroxylation is 1. The summed E-state index contributed by atoms with van der Waals surface area (Å²) in [5, 5.41) is 7.00. The van der Waals surface area contributed by atoms with Gasteiger partial charge in [-0.3, -0.25) is 9.48 Å². The lowest BCUT2D eigenvalue weighted by Crippen LogP contribution is -2.20. The summed E-state index contributed by atoms with van der Waals surface area (Å²) in [5.41, 5.74) is 2.45. The molecule has 1 amide bonds. The zero-order chi connectivity index (χ0) is 14.0. The molecule has 0 fully saturated rings. The van der Waals surface area contributed by atoms with Gasteiger partial charge >= 0.3 is 0 Å². The number of amides is 1. The number of hydrogen-bond donors (Lipinski definition) is 1. The molecule has 1 aromatic heterocycles. The van der Waals surface area contributed by atoms with Gasteiger partial charge in [0.05, 0.1) is 9.26 Å². The van der Waals surface area contributed by atoms with E-state index in [1.165, 1.54) is 24.3 Å². The van der Waals surface area contributed by atoms with E-state index in [0.29, 0.717) is 5.69 Å². The summed E-state index contributed by atoms with van der Waals surface area (Å²) in [6.45, 7) is 3.98. The molecule has 0 saturated carbocycles. The van der Waals surface area contributed by atoms with Gasteiger partial charge in [0.15, 0.2) is 0 Å². The van der Waals surface area contributed by atoms with Crippen molar-refractivity contribution in [3.8, 4) is 0 Å². The maximum absolute atomic E-state index is 12.7. The minimum absolute atomic E-state index is 0.146. The van der Waals surface area contributed by atoms with E-state index < -0.39 is 0 Å². The standard InChI is InChI=1S/C13H13FIN3O/c1-8-13(15)9(2)18(17-8)7-12(19)16-11-5-3-10(14)4-6-11/h3-6H,7H2,1-2H3,(H,16,19). The van der Waals surface area contributed by atoms with Gasteiger partial charge in [-0.1, -0.05) is 0 Å². The van der Waals surface area contributed by atoms with Crippen LogP contribution < -0.4 is 5.32 Å². The maximum Gasteiger partial charge on any atom is 0.246 e. The highest BCUT2D eigenvalue weighted by Crippen LogP contribution is 2.15. The molecule has 1 aromatic carbocycles. The second kappa shape index (κ2) is 5.68. The molecule has 0 radical (unpaired) electrons. The molecular weight excluding hydrogens is 360 g/mol. The number of nitrogens with one attached hydrogen (secondary N) is 1. The number of carbonyl (C=O) groups is 1. The van der Waals surface area contributed by atoms with Crippen molar-refractivity contribution in [1.82, 2.24) is 9.78 Å². The summed E-state index contributed by atoms with van der Waals surface area (Å²) in [5.74, 6) is -0.514. The topological polar surface area (TPSA) is 46.9 Å². The summed E-state index contributed by atoms with van der Waals surface area (Å²) in [6.07, 6.45) is 0. The van der Waals surface area contributed by atoms with Gasteiger partial charge in [-0.2, -0.15) is 5.10 Å². The smallest absolute Gasteiger partial charge is 0.246 e. The fourth-order valence-electron chi connectivity index (χ4n) is 1.70. The van der Waals surface area contributed by atoms with Gasteiger partial charge in [-0.05, 0) is 60.7 Å². The molecule has 2 rings (SSSR count). The summed E-state index contributed by atoms with van der Waals surface area (Å²) in [7, 11) is 0. The maximum atomic E-state index is 12.7. The second-order valence-electron chi connectivity index (χ2n) is 4.20. The molecule has 1 heterocycles. The first-order valence-electron chi connectivity index (χ1n) is 5.72. The molecule has 0 aliphatic rings. The predicted octanol–water partition coefficient (Wildman–Crippen LogP) is 2.88. The van der Waals surface area contributed by atoms with Crippen LogP contribution in [0.2, 0.25) is 0 Å². The van der Waals surface area contributed by atoms with E-state index in [-0.39, 0.29) is 18.3 Å². The Balaban J connectivity index is 2.05. The van der Waals surface area contributed by atoms with Gasteiger partial charge < -0.3 is 5.32 Å². The molecule has 0 bridgehead atoms. The van der Waals surface area contributed by atoms with Crippen molar-refractivity contribution in [3.63, 3.8) is 0 Å². The van der Waals surface area contributed by atoms with Crippen LogP contribution in [0.3, 0.4) is 0 Å². The normalized spacial score (nSPS) is 10.5. The Kier molecular flexibility index (Phi) is 4.18. The van der Waals surface area contributed by atoms with Crippen LogP contribution in [0.4, 0.5) is 10.1 Å². The quantitative estimate of drug-likeness (QED) is 0.842. The van der Waals surface area contributed by atoms with Gasteiger partial charge in [0, 0.05) is 11.4 Å².